The molecule has 6 rings (SSSR count). The third-order valence-electron chi connectivity index (χ3n) is 15.6. The van der Waals surface area contributed by atoms with E-state index in [9.17, 15) is 50.4 Å². The molecule has 50 heavy (non-hydrogen) atoms. The summed E-state index contributed by atoms with van der Waals surface area (Å²) in [6, 6.07) is 0. The molecule has 13 heteroatoms. The molecule has 0 aromatic heterocycles. The van der Waals surface area contributed by atoms with Gasteiger partial charge in [-0.2, -0.15) is 0 Å². The van der Waals surface area contributed by atoms with Crippen molar-refractivity contribution in [3.63, 3.8) is 0 Å². The quantitative estimate of drug-likeness (QED) is 0.145. The third kappa shape index (κ3) is 4.97. The van der Waals surface area contributed by atoms with Gasteiger partial charge in [0.05, 0.1) is 49.5 Å². The predicted molar refractivity (Wildman–Crippen MR) is 175 cm³/mol. The van der Waals surface area contributed by atoms with Gasteiger partial charge in [-0.05, 0) is 86.4 Å². The van der Waals surface area contributed by atoms with Gasteiger partial charge in [0.2, 0.25) is 6.29 Å². The van der Waals surface area contributed by atoms with Crippen LogP contribution in [-0.4, -0.2) is 122 Å². The molecule has 13 nitrogen and oxygen atoms in total. The lowest BCUT2D eigenvalue weighted by molar-refractivity contribution is -0.298. The molecule has 0 aromatic carbocycles. The van der Waals surface area contributed by atoms with Crippen molar-refractivity contribution in [2.24, 2.45) is 50.2 Å². The van der Waals surface area contributed by atoms with Crippen molar-refractivity contribution in [1.29, 1.82) is 0 Å². The van der Waals surface area contributed by atoms with Crippen LogP contribution in [0.4, 0.5) is 0 Å². The Morgan fingerprint density at radius 3 is 2.14 bits per heavy atom. The molecular formula is C37H58O13. The van der Waals surface area contributed by atoms with Crippen LogP contribution < -0.4 is 0 Å². The fraction of sp³-hybridized carbons (Fsp3) is 0.892. The summed E-state index contributed by atoms with van der Waals surface area (Å²) in [4.78, 5) is 27.8. The summed E-state index contributed by atoms with van der Waals surface area (Å²) in [6.45, 7) is 9.04. The second-order valence-electron chi connectivity index (χ2n) is 17.9. The Balaban J connectivity index is 1.43. The topological polar surface area (TPSA) is 224 Å². The van der Waals surface area contributed by atoms with Crippen molar-refractivity contribution in [2.45, 2.75) is 135 Å². The van der Waals surface area contributed by atoms with Gasteiger partial charge in [-0.15, -0.1) is 0 Å². The molecule has 4 saturated carbocycles. The van der Waals surface area contributed by atoms with E-state index in [1.165, 1.54) is 7.11 Å². The first-order chi connectivity index (χ1) is 23.2. The van der Waals surface area contributed by atoms with Gasteiger partial charge in [-0.25, -0.2) is 0 Å². The van der Waals surface area contributed by atoms with E-state index in [1.54, 1.807) is 0 Å². The normalized spacial score (nSPS) is 54.6. The molecule has 1 heterocycles. The molecule has 0 amide bonds. The lowest BCUT2D eigenvalue weighted by Gasteiger charge is -2.72. The molecule has 6 aliphatic rings. The maximum atomic E-state index is 14.5. The van der Waals surface area contributed by atoms with Gasteiger partial charge in [0.1, 0.15) is 24.4 Å². The number of fused-ring (bicyclic) bond motifs is 7. The number of esters is 2. The highest BCUT2D eigenvalue weighted by molar-refractivity contribution is 5.81. The van der Waals surface area contributed by atoms with Crippen LogP contribution in [0.5, 0.6) is 0 Å². The highest BCUT2D eigenvalue weighted by atomic mass is 16.7. The van der Waals surface area contributed by atoms with Crippen molar-refractivity contribution in [3.05, 3.63) is 11.6 Å². The average Bonchev–Trinajstić information content (AvgIpc) is 3.07. The van der Waals surface area contributed by atoms with Crippen LogP contribution in [-0.2, 0) is 23.8 Å². The van der Waals surface area contributed by atoms with Gasteiger partial charge in [0.25, 0.3) is 0 Å². The standard InChI is InChI=1S/C37H58O13/c1-32(30(46)48-6)9-11-37(31(47)50-29-26(44)25(43)24(42)22(16-38)49-29)12-10-35(4)18(19(37)14-32)13-20(40)27-33(2)15-21(41)28(45)34(3,17-39)23(33)7-8-36(27,35)5/h13,19-29,38-45H,7-12,14-17H2,1-6H3/t19-,20+,21-,22+,23+,24+,25-,26+,27+,28-,29-,32-,33-,34-,35+,36+,37-/m0/s1. The smallest absolute Gasteiger partial charge is 0.315 e. The number of carbonyl (C=O) groups is 2. The summed E-state index contributed by atoms with van der Waals surface area (Å²) in [7, 11) is 1.33. The largest absolute Gasteiger partial charge is 0.469 e. The van der Waals surface area contributed by atoms with Crippen molar-refractivity contribution in [2.75, 3.05) is 20.3 Å². The van der Waals surface area contributed by atoms with E-state index in [1.807, 2.05) is 19.9 Å². The van der Waals surface area contributed by atoms with Gasteiger partial charge >= 0.3 is 11.9 Å². The second-order valence-corrected chi connectivity index (χ2v) is 17.9. The summed E-state index contributed by atoms with van der Waals surface area (Å²) in [5, 5.41) is 86.3. The van der Waals surface area contributed by atoms with E-state index >= 15 is 0 Å². The molecule has 5 fully saturated rings. The minimum atomic E-state index is -1.77. The molecule has 8 N–H and O–H groups in total. The number of methoxy groups -OCH3 is 1. The Bertz CT molecular complexity index is 1390. The molecule has 0 radical (unpaired) electrons. The molecule has 0 unspecified atom stereocenters. The number of aliphatic hydroxyl groups is 8. The van der Waals surface area contributed by atoms with Gasteiger partial charge < -0.3 is 55.1 Å². The monoisotopic (exact) mass is 710 g/mol. The van der Waals surface area contributed by atoms with Crippen LogP contribution >= 0.6 is 0 Å². The van der Waals surface area contributed by atoms with Crippen LogP contribution in [0.2, 0.25) is 0 Å². The lowest BCUT2D eigenvalue weighted by Crippen LogP contribution is -2.70. The Morgan fingerprint density at radius 1 is 0.860 bits per heavy atom. The van der Waals surface area contributed by atoms with Crippen molar-refractivity contribution in [3.8, 4) is 0 Å². The van der Waals surface area contributed by atoms with Gasteiger partial charge in [0, 0.05) is 11.3 Å². The zero-order valence-corrected chi connectivity index (χ0v) is 30.1. The molecule has 17 atom stereocenters. The number of aliphatic hydroxyl groups excluding tert-OH is 8. The van der Waals surface area contributed by atoms with E-state index in [2.05, 4.69) is 20.8 Å². The second kappa shape index (κ2) is 12.4. The molecule has 5 aliphatic carbocycles. The highest BCUT2D eigenvalue weighted by Crippen LogP contribution is 2.76. The highest BCUT2D eigenvalue weighted by Gasteiger charge is 2.73. The van der Waals surface area contributed by atoms with Crippen molar-refractivity contribution >= 4 is 11.9 Å². The molecule has 284 valence electrons. The van der Waals surface area contributed by atoms with Gasteiger partial charge in [-0.3, -0.25) is 9.59 Å². The number of rotatable bonds is 5. The van der Waals surface area contributed by atoms with E-state index in [-0.39, 0.29) is 37.7 Å². The Kier molecular flexibility index (Phi) is 9.47. The average molecular weight is 711 g/mol. The maximum Gasteiger partial charge on any atom is 0.315 e. The first-order valence-corrected chi connectivity index (χ1v) is 18.2. The number of ether oxygens (including phenoxy) is 3. The van der Waals surface area contributed by atoms with Crippen LogP contribution in [0.3, 0.4) is 0 Å². The van der Waals surface area contributed by atoms with E-state index in [0.717, 1.165) is 5.57 Å². The maximum absolute atomic E-state index is 14.5. The van der Waals surface area contributed by atoms with E-state index < -0.39 is 106 Å². The number of carbonyl (C=O) groups excluding carboxylic acids is 2. The predicted octanol–water partition coefficient (Wildman–Crippen LogP) is 0.559. The fourth-order valence-electron chi connectivity index (χ4n) is 12.5. The molecule has 0 spiro atoms. The first-order valence-electron chi connectivity index (χ1n) is 18.2. The summed E-state index contributed by atoms with van der Waals surface area (Å²) in [5.41, 5.74) is -4.05. The fourth-order valence-corrected chi connectivity index (χ4v) is 12.5. The molecule has 1 saturated heterocycles. The summed E-state index contributed by atoms with van der Waals surface area (Å²) in [6.07, 6.45) is -6.19. The summed E-state index contributed by atoms with van der Waals surface area (Å²) in [5.74, 6) is -2.23. The number of hydrogen-bond acceptors (Lipinski definition) is 13. The minimum absolute atomic E-state index is 0.182. The molecule has 0 aromatic rings. The summed E-state index contributed by atoms with van der Waals surface area (Å²) < 4.78 is 16.7. The van der Waals surface area contributed by atoms with Crippen molar-refractivity contribution in [1.82, 2.24) is 0 Å². The summed E-state index contributed by atoms with van der Waals surface area (Å²) >= 11 is 0. The minimum Gasteiger partial charge on any atom is -0.469 e. The van der Waals surface area contributed by atoms with Crippen LogP contribution in [0, 0.1) is 50.2 Å². The van der Waals surface area contributed by atoms with Crippen LogP contribution in [0.15, 0.2) is 11.6 Å². The zero-order valence-electron chi connectivity index (χ0n) is 30.1. The third-order valence-corrected chi connectivity index (χ3v) is 15.6. The number of allylic oxidation sites excluding steroid dienone is 1. The molecular weight excluding hydrogens is 652 g/mol. The van der Waals surface area contributed by atoms with Gasteiger partial charge in [-0.1, -0.05) is 39.3 Å². The molecule has 0 bridgehead atoms. The zero-order chi connectivity index (χ0) is 37.0. The van der Waals surface area contributed by atoms with Gasteiger partial charge in [0.15, 0.2) is 0 Å². The lowest BCUT2D eigenvalue weighted by atomic mass is 9.33. The Labute approximate surface area is 293 Å². The Morgan fingerprint density at radius 2 is 1.52 bits per heavy atom. The van der Waals surface area contributed by atoms with E-state index in [0.29, 0.717) is 32.1 Å². The van der Waals surface area contributed by atoms with Crippen LogP contribution in [0.1, 0.15) is 86.0 Å². The van der Waals surface area contributed by atoms with E-state index in [4.69, 9.17) is 14.2 Å². The molecule has 1 aliphatic heterocycles. The van der Waals surface area contributed by atoms with Crippen molar-refractivity contribution < 1.29 is 64.7 Å². The SMILES string of the molecule is COC(=O)[C@@]1(C)CC[C@]2(C(=O)O[C@@H]3O[C@H](CO)[C@@H](O)[C@H](O)[C@H]3O)CC[C@]3(C)C(=C[C@@H](O)[C@@H]4[C@@]5(C)C[C@H](O)[C@H](O)[C@@](C)(CO)[C@@H]5CC[C@]43C)[C@@H]2C1. The number of hydrogen-bond donors (Lipinski definition) is 8. The first kappa shape index (κ1) is 38.1. The van der Waals surface area contributed by atoms with Crippen LogP contribution in [0.25, 0.3) is 0 Å². The Hall–Kier alpha value is -1.68.